The molecule has 0 aliphatic carbocycles. The van der Waals surface area contributed by atoms with Crippen LogP contribution in [0.25, 0.3) is 0 Å². The minimum absolute atomic E-state index is 0.0131. The van der Waals surface area contributed by atoms with Crippen LogP contribution in [0.15, 0.2) is 121 Å². The molecule has 5 aromatic rings. The van der Waals surface area contributed by atoms with Gasteiger partial charge in [0.1, 0.15) is 34.5 Å². The predicted molar refractivity (Wildman–Crippen MR) is 221 cm³/mol. The molecular weight excluding hydrogens is 737 g/mol. The molecule has 0 fully saturated rings. The summed E-state index contributed by atoms with van der Waals surface area (Å²) in [6.45, 7) is 5.62. The highest BCUT2D eigenvalue weighted by atomic mass is 16.6. The molecule has 0 bridgehead atoms. The maximum atomic E-state index is 13.2. The van der Waals surface area contributed by atoms with Crippen molar-refractivity contribution >= 4 is 23.9 Å². The number of benzene rings is 5. The number of rotatable bonds is 22. The molecule has 0 unspecified atom stereocenters. The van der Waals surface area contributed by atoms with E-state index in [1.54, 1.807) is 60.7 Å². The topological polar surface area (TPSA) is 124 Å². The van der Waals surface area contributed by atoms with Gasteiger partial charge in [-0.25, -0.2) is 19.2 Å². The molecule has 5 rings (SSSR count). The highest BCUT2D eigenvalue weighted by Gasteiger charge is 2.21. The van der Waals surface area contributed by atoms with Gasteiger partial charge >= 0.3 is 23.9 Å². The lowest BCUT2D eigenvalue weighted by Gasteiger charge is -2.11. The normalized spacial score (nSPS) is 10.7. The molecule has 58 heavy (non-hydrogen) atoms. The molecule has 0 aromatic heterocycles. The molecule has 10 nitrogen and oxygen atoms in total. The minimum atomic E-state index is -0.787. The summed E-state index contributed by atoms with van der Waals surface area (Å²) in [6, 6.07) is 31.6. The second kappa shape index (κ2) is 23.0. The molecule has 0 aliphatic heterocycles. The minimum Gasteiger partial charge on any atom is -0.494 e. The average Bonchev–Trinajstić information content (AvgIpc) is 3.25. The van der Waals surface area contributed by atoms with E-state index in [2.05, 4.69) is 13.8 Å². The van der Waals surface area contributed by atoms with Gasteiger partial charge in [0, 0.05) is 0 Å². The van der Waals surface area contributed by atoms with E-state index in [0.29, 0.717) is 35.8 Å². The molecule has 0 aliphatic rings. The Morgan fingerprint density at radius 3 is 0.966 bits per heavy atom. The first-order valence-corrected chi connectivity index (χ1v) is 20.0. The zero-order valence-electron chi connectivity index (χ0n) is 33.1. The Hall–Kier alpha value is -6.42. The van der Waals surface area contributed by atoms with Crippen LogP contribution >= 0.6 is 0 Å². The number of hydrogen-bond donors (Lipinski definition) is 0. The summed E-state index contributed by atoms with van der Waals surface area (Å²) < 4.78 is 33.6. The first kappa shape index (κ1) is 42.7. The number of unbranched alkanes of at least 4 members (excludes halogenated alkanes) is 8. The van der Waals surface area contributed by atoms with Crippen LogP contribution < -0.4 is 28.4 Å². The van der Waals surface area contributed by atoms with Crippen LogP contribution in [0.2, 0.25) is 0 Å². The molecular formula is C48H50O10. The highest BCUT2D eigenvalue weighted by molar-refractivity contribution is 6.04. The summed E-state index contributed by atoms with van der Waals surface area (Å²) in [6.07, 6.45) is 11.5. The Kier molecular flexibility index (Phi) is 16.9. The monoisotopic (exact) mass is 786 g/mol. The number of carbonyl (C=O) groups excluding carboxylic acids is 4. The van der Waals surface area contributed by atoms with Gasteiger partial charge < -0.3 is 28.4 Å². The van der Waals surface area contributed by atoms with Gasteiger partial charge in [0.15, 0.2) is 0 Å². The van der Waals surface area contributed by atoms with E-state index in [1.165, 1.54) is 99.2 Å². The average molecular weight is 787 g/mol. The molecule has 0 saturated heterocycles. The molecule has 0 atom stereocenters. The van der Waals surface area contributed by atoms with Crippen LogP contribution in [0.1, 0.15) is 119 Å². The Bertz CT molecular complexity index is 1900. The number of hydrogen-bond acceptors (Lipinski definition) is 10. The summed E-state index contributed by atoms with van der Waals surface area (Å²) in [4.78, 5) is 51.8. The van der Waals surface area contributed by atoms with Gasteiger partial charge in [-0.2, -0.15) is 0 Å². The van der Waals surface area contributed by atoms with Gasteiger partial charge in [-0.1, -0.05) is 77.3 Å². The fourth-order valence-electron chi connectivity index (χ4n) is 5.81. The molecule has 0 saturated carbocycles. The maximum absolute atomic E-state index is 13.2. The molecule has 302 valence electrons. The third kappa shape index (κ3) is 13.7. The summed E-state index contributed by atoms with van der Waals surface area (Å²) in [5, 5.41) is 0. The Balaban J connectivity index is 1.08. The first-order valence-electron chi connectivity index (χ1n) is 20.0. The van der Waals surface area contributed by atoms with Crippen LogP contribution in [0.5, 0.6) is 34.5 Å². The van der Waals surface area contributed by atoms with Crippen molar-refractivity contribution in [3.63, 3.8) is 0 Å². The fraction of sp³-hybridized carbons (Fsp3) is 0.292. The Morgan fingerprint density at radius 2 is 0.638 bits per heavy atom. The largest absolute Gasteiger partial charge is 0.494 e. The van der Waals surface area contributed by atoms with Gasteiger partial charge in [-0.15, -0.1) is 0 Å². The smallest absolute Gasteiger partial charge is 0.344 e. The van der Waals surface area contributed by atoms with E-state index in [9.17, 15) is 19.2 Å². The van der Waals surface area contributed by atoms with Gasteiger partial charge in [0.25, 0.3) is 0 Å². The van der Waals surface area contributed by atoms with Crippen molar-refractivity contribution < 1.29 is 47.6 Å². The van der Waals surface area contributed by atoms with E-state index in [4.69, 9.17) is 28.4 Å². The van der Waals surface area contributed by atoms with E-state index in [-0.39, 0.29) is 34.1 Å². The SMILES string of the molecule is CCCCCCCOc1ccc(C(=O)Oc2ccc(OC(=O)c3ccccc3C(=O)Oc3ccc(OC(=O)c4ccc(OCCCCCCC)cc4)cc3)cc2)cc1. The van der Waals surface area contributed by atoms with Crippen molar-refractivity contribution in [2.75, 3.05) is 13.2 Å². The van der Waals surface area contributed by atoms with Crippen LogP contribution in [0.4, 0.5) is 0 Å². The molecule has 0 radical (unpaired) electrons. The highest BCUT2D eigenvalue weighted by Crippen LogP contribution is 2.24. The van der Waals surface area contributed by atoms with E-state index in [1.807, 2.05) is 0 Å². The maximum Gasteiger partial charge on any atom is 0.344 e. The van der Waals surface area contributed by atoms with Crippen molar-refractivity contribution in [2.24, 2.45) is 0 Å². The zero-order valence-corrected chi connectivity index (χ0v) is 33.1. The van der Waals surface area contributed by atoms with Gasteiger partial charge in [0.05, 0.1) is 35.5 Å². The lowest BCUT2D eigenvalue weighted by atomic mass is 10.1. The van der Waals surface area contributed by atoms with Crippen molar-refractivity contribution in [3.05, 3.63) is 144 Å². The Morgan fingerprint density at radius 1 is 0.345 bits per heavy atom. The van der Waals surface area contributed by atoms with Crippen LogP contribution in [-0.2, 0) is 0 Å². The molecule has 10 heteroatoms. The van der Waals surface area contributed by atoms with E-state index in [0.717, 1.165) is 25.7 Å². The third-order valence-electron chi connectivity index (χ3n) is 9.07. The quantitative estimate of drug-likeness (QED) is 0.0380. The molecule has 0 spiro atoms. The molecule has 0 heterocycles. The van der Waals surface area contributed by atoms with Crippen molar-refractivity contribution in [1.82, 2.24) is 0 Å². The van der Waals surface area contributed by atoms with Gasteiger partial charge in [0.2, 0.25) is 0 Å². The van der Waals surface area contributed by atoms with Crippen molar-refractivity contribution in [1.29, 1.82) is 0 Å². The number of carbonyl (C=O) groups is 4. The lowest BCUT2D eigenvalue weighted by Crippen LogP contribution is -2.17. The van der Waals surface area contributed by atoms with Crippen LogP contribution in [0, 0.1) is 0 Å². The third-order valence-corrected chi connectivity index (χ3v) is 9.07. The van der Waals surface area contributed by atoms with Crippen molar-refractivity contribution in [2.45, 2.75) is 78.1 Å². The predicted octanol–water partition coefficient (Wildman–Crippen LogP) is 11.3. The number of esters is 4. The van der Waals surface area contributed by atoms with Gasteiger partial charge in [-0.05, 0) is 122 Å². The van der Waals surface area contributed by atoms with E-state index < -0.39 is 23.9 Å². The molecule has 5 aromatic carbocycles. The fourth-order valence-corrected chi connectivity index (χ4v) is 5.81. The summed E-state index contributed by atoms with van der Waals surface area (Å²) in [5.41, 5.74) is 0.696. The van der Waals surface area contributed by atoms with Crippen LogP contribution in [0.3, 0.4) is 0 Å². The number of ether oxygens (including phenoxy) is 6. The van der Waals surface area contributed by atoms with Gasteiger partial charge in [-0.3, -0.25) is 0 Å². The van der Waals surface area contributed by atoms with E-state index >= 15 is 0 Å². The Labute approximate surface area is 340 Å². The van der Waals surface area contributed by atoms with Crippen LogP contribution in [-0.4, -0.2) is 37.1 Å². The second-order valence-electron chi connectivity index (χ2n) is 13.6. The van der Waals surface area contributed by atoms with Crippen molar-refractivity contribution in [3.8, 4) is 34.5 Å². The summed E-state index contributed by atoms with van der Waals surface area (Å²) in [7, 11) is 0. The standard InChI is InChI=1S/C48H50O10/c1-3-5-7-9-13-33-53-37-21-17-35(18-22-37)45(49)55-39-25-29-41(30-26-39)57-47(51)43-15-11-12-16-44(43)48(52)58-42-31-27-40(28-32-42)56-46(50)36-19-23-38(24-20-36)54-34-14-10-8-6-4-2/h11-12,15-32H,3-10,13-14,33-34H2,1-2H3. The molecule has 0 amide bonds. The first-order chi connectivity index (χ1) is 28.3. The summed E-state index contributed by atoms with van der Waals surface area (Å²) >= 11 is 0. The zero-order chi connectivity index (χ0) is 41.0. The second-order valence-corrected chi connectivity index (χ2v) is 13.6. The molecule has 0 N–H and O–H groups in total. The lowest BCUT2D eigenvalue weighted by molar-refractivity contribution is 0.0691. The summed E-state index contributed by atoms with van der Waals surface area (Å²) in [5.74, 6) is -0.435.